The number of ether oxygens (including phenoxy) is 1. The molecule has 2 rings (SSSR count). The number of para-hydroxylation sites is 1. The molecule has 1 aromatic carbocycles. The van der Waals surface area contributed by atoms with Crippen LogP contribution in [-0.2, 0) is 11.3 Å². The van der Waals surface area contributed by atoms with Gasteiger partial charge in [0.25, 0.3) is 0 Å². The number of nitrogens with zero attached hydrogens (tertiary/aromatic N) is 2. The van der Waals surface area contributed by atoms with Crippen molar-refractivity contribution in [2.45, 2.75) is 19.4 Å². The van der Waals surface area contributed by atoms with Gasteiger partial charge in [0, 0.05) is 39.0 Å². The van der Waals surface area contributed by atoms with Crippen LogP contribution in [0.2, 0.25) is 0 Å². The van der Waals surface area contributed by atoms with E-state index in [1.54, 1.807) is 7.11 Å². The third kappa shape index (κ3) is 3.47. The van der Waals surface area contributed by atoms with E-state index >= 15 is 0 Å². The van der Waals surface area contributed by atoms with Gasteiger partial charge in [0.1, 0.15) is 0 Å². The Balaban J connectivity index is 2.02. The van der Waals surface area contributed by atoms with Gasteiger partial charge in [0.2, 0.25) is 0 Å². The molecule has 0 saturated carbocycles. The van der Waals surface area contributed by atoms with E-state index in [0.29, 0.717) is 0 Å². The van der Waals surface area contributed by atoms with Crippen molar-refractivity contribution in [1.82, 2.24) is 4.90 Å². The zero-order chi connectivity index (χ0) is 12.8. The molecule has 0 N–H and O–H groups in total. The fourth-order valence-electron chi connectivity index (χ4n) is 2.53. The van der Waals surface area contributed by atoms with Crippen LogP contribution >= 0.6 is 0 Å². The molecule has 0 bridgehead atoms. The Labute approximate surface area is 110 Å². The first-order valence-electron chi connectivity index (χ1n) is 6.81. The van der Waals surface area contributed by atoms with E-state index < -0.39 is 0 Å². The van der Waals surface area contributed by atoms with Crippen LogP contribution in [0, 0.1) is 0 Å². The normalized spacial score (nSPS) is 15.6. The van der Waals surface area contributed by atoms with E-state index in [2.05, 4.69) is 41.1 Å². The van der Waals surface area contributed by atoms with Gasteiger partial charge in [-0.2, -0.15) is 0 Å². The van der Waals surface area contributed by atoms with E-state index in [1.165, 1.54) is 37.2 Å². The molecule has 1 fully saturated rings. The van der Waals surface area contributed by atoms with Crippen LogP contribution in [0.3, 0.4) is 0 Å². The first kappa shape index (κ1) is 13.4. The Morgan fingerprint density at radius 3 is 2.67 bits per heavy atom. The minimum Gasteiger partial charge on any atom is -0.383 e. The average molecular weight is 248 g/mol. The summed E-state index contributed by atoms with van der Waals surface area (Å²) >= 11 is 0. The first-order chi connectivity index (χ1) is 8.81. The van der Waals surface area contributed by atoms with E-state index in [0.717, 1.165) is 19.7 Å². The topological polar surface area (TPSA) is 15.7 Å². The van der Waals surface area contributed by atoms with Gasteiger partial charge in [0.15, 0.2) is 0 Å². The highest BCUT2D eigenvalue weighted by atomic mass is 16.5. The second kappa shape index (κ2) is 6.76. The van der Waals surface area contributed by atoms with Crippen molar-refractivity contribution < 1.29 is 4.74 Å². The second-order valence-electron chi connectivity index (χ2n) is 5.05. The number of anilines is 1. The molecule has 18 heavy (non-hydrogen) atoms. The predicted octanol–water partition coefficient (Wildman–Crippen LogP) is 2.37. The number of hydrogen-bond donors (Lipinski definition) is 0. The van der Waals surface area contributed by atoms with Gasteiger partial charge in [-0.3, -0.25) is 4.90 Å². The number of likely N-dealkylation sites (N-methyl/N-ethyl adjacent to an activating group) is 1. The molecule has 100 valence electrons. The molecule has 1 heterocycles. The maximum absolute atomic E-state index is 5.13. The lowest BCUT2D eigenvalue weighted by molar-refractivity contribution is 0.158. The number of hydrogen-bond acceptors (Lipinski definition) is 3. The molecule has 1 aliphatic rings. The molecule has 1 aromatic rings. The molecule has 0 unspecified atom stereocenters. The molecule has 0 atom stereocenters. The molecule has 1 aliphatic heterocycles. The quantitative estimate of drug-likeness (QED) is 0.768. The maximum Gasteiger partial charge on any atom is 0.0589 e. The fraction of sp³-hybridized carbons (Fsp3) is 0.600. The van der Waals surface area contributed by atoms with Crippen molar-refractivity contribution in [1.29, 1.82) is 0 Å². The third-order valence-corrected chi connectivity index (χ3v) is 3.56. The molecule has 0 radical (unpaired) electrons. The monoisotopic (exact) mass is 248 g/mol. The van der Waals surface area contributed by atoms with Gasteiger partial charge in [-0.25, -0.2) is 0 Å². The lowest BCUT2D eigenvalue weighted by Crippen LogP contribution is -2.25. The van der Waals surface area contributed by atoms with E-state index in [4.69, 9.17) is 4.74 Å². The second-order valence-corrected chi connectivity index (χ2v) is 5.05. The lowest BCUT2D eigenvalue weighted by atomic mass is 10.1. The first-order valence-corrected chi connectivity index (χ1v) is 6.81. The van der Waals surface area contributed by atoms with Gasteiger partial charge in [-0.1, -0.05) is 18.2 Å². The van der Waals surface area contributed by atoms with Gasteiger partial charge < -0.3 is 9.64 Å². The lowest BCUT2D eigenvalue weighted by Gasteiger charge is -2.24. The Bertz CT molecular complexity index is 361. The van der Waals surface area contributed by atoms with Crippen molar-refractivity contribution >= 4 is 5.69 Å². The third-order valence-electron chi connectivity index (χ3n) is 3.56. The van der Waals surface area contributed by atoms with Crippen molar-refractivity contribution in [3.05, 3.63) is 29.8 Å². The largest absolute Gasteiger partial charge is 0.383 e. The van der Waals surface area contributed by atoms with Crippen molar-refractivity contribution in [3.63, 3.8) is 0 Å². The van der Waals surface area contributed by atoms with Gasteiger partial charge in [-0.15, -0.1) is 0 Å². The summed E-state index contributed by atoms with van der Waals surface area (Å²) in [5.41, 5.74) is 2.84. The fourth-order valence-corrected chi connectivity index (χ4v) is 2.53. The summed E-state index contributed by atoms with van der Waals surface area (Å²) in [5, 5.41) is 0. The number of benzene rings is 1. The van der Waals surface area contributed by atoms with Crippen LogP contribution in [0.5, 0.6) is 0 Å². The molecule has 0 aromatic heterocycles. The van der Waals surface area contributed by atoms with Crippen LogP contribution in [0.15, 0.2) is 24.3 Å². The van der Waals surface area contributed by atoms with Crippen LogP contribution < -0.4 is 4.90 Å². The van der Waals surface area contributed by atoms with Gasteiger partial charge >= 0.3 is 0 Å². The zero-order valence-corrected chi connectivity index (χ0v) is 11.6. The summed E-state index contributed by atoms with van der Waals surface area (Å²) in [7, 11) is 3.91. The van der Waals surface area contributed by atoms with Crippen molar-refractivity contribution in [3.8, 4) is 0 Å². The molecule has 0 spiro atoms. The molecular weight excluding hydrogens is 224 g/mol. The number of methoxy groups -OCH3 is 1. The summed E-state index contributed by atoms with van der Waals surface area (Å²) < 4.78 is 5.13. The highest BCUT2D eigenvalue weighted by molar-refractivity contribution is 5.54. The van der Waals surface area contributed by atoms with E-state index in [1.807, 2.05) is 0 Å². The van der Waals surface area contributed by atoms with Crippen LogP contribution in [0.25, 0.3) is 0 Å². The Kier molecular flexibility index (Phi) is 5.02. The SMILES string of the molecule is COCCN(C)Cc1ccccc1N1CCCC1. The Morgan fingerprint density at radius 2 is 1.94 bits per heavy atom. The minimum atomic E-state index is 0.794. The molecular formula is C15H24N2O. The van der Waals surface area contributed by atoms with E-state index in [-0.39, 0.29) is 0 Å². The molecule has 3 nitrogen and oxygen atoms in total. The molecule has 1 saturated heterocycles. The predicted molar refractivity (Wildman–Crippen MR) is 76.1 cm³/mol. The molecule has 0 amide bonds. The van der Waals surface area contributed by atoms with Crippen LogP contribution in [0.1, 0.15) is 18.4 Å². The highest BCUT2D eigenvalue weighted by Crippen LogP contribution is 2.25. The van der Waals surface area contributed by atoms with Gasteiger partial charge in [-0.05, 0) is 31.5 Å². The summed E-state index contributed by atoms with van der Waals surface area (Å²) in [5.74, 6) is 0. The standard InChI is InChI=1S/C15H24N2O/c1-16(11-12-18-2)13-14-7-3-4-8-15(14)17-9-5-6-10-17/h3-4,7-8H,5-6,9-13H2,1-2H3. The van der Waals surface area contributed by atoms with Crippen molar-refractivity contribution in [2.24, 2.45) is 0 Å². The summed E-state index contributed by atoms with van der Waals surface area (Å²) in [6.07, 6.45) is 2.65. The van der Waals surface area contributed by atoms with Crippen molar-refractivity contribution in [2.75, 3.05) is 45.3 Å². The minimum absolute atomic E-state index is 0.794. The van der Waals surface area contributed by atoms with Crippen LogP contribution in [-0.4, -0.2) is 45.3 Å². The average Bonchev–Trinajstić information content (AvgIpc) is 2.91. The highest BCUT2D eigenvalue weighted by Gasteiger charge is 2.15. The van der Waals surface area contributed by atoms with Gasteiger partial charge in [0.05, 0.1) is 6.61 Å². The summed E-state index contributed by atoms with van der Waals surface area (Å²) in [6, 6.07) is 8.78. The molecule has 3 heteroatoms. The zero-order valence-electron chi connectivity index (χ0n) is 11.6. The maximum atomic E-state index is 5.13. The van der Waals surface area contributed by atoms with Crippen LogP contribution in [0.4, 0.5) is 5.69 Å². The Hall–Kier alpha value is -1.06. The summed E-state index contributed by atoms with van der Waals surface area (Å²) in [4.78, 5) is 4.83. The van der Waals surface area contributed by atoms with E-state index in [9.17, 15) is 0 Å². The Morgan fingerprint density at radius 1 is 1.22 bits per heavy atom. The molecule has 0 aliphatic carbocycles. The number of rotatable bonds is 6. The smallest absolute Gasteiger partial charge is 0.0589 e. The summed E-state index contributed by atoms with van der Waals surface area (Å²) in [6.45, 7) is 5.18.